The number of H-pyrrole nitrogens is 1. The maximum Gasteiger partial charge on any atom is 0.200 e. The molecule has 0 aliphatic carbocycles. The molecule has 1 N–H and O–H groups in total. The number of hydrogen-bond donors (Lipinski definition) is 1. The summed E-state index contributed by atoms with van der Waals surface area (Å²) in [6.07, 6.45) is 0. The molecule has 0 atom stereocenters. The second kappa shape index (κ2) is 9.75. The van der Waals surface area contributed by atoms with Crippen LogP contribution in [0.5, 0.6) is 0 Å². The Morgan fingerprint density at radius 3 is 0.907 bits per heavy atom. The maximum atomic E-state index is 15.1. The van der Waals surface area contributed by atoms with Crippen molar-refractivity contribution in [2.24, 2.45) is 0 Å². The highest BCUT2D eigenvalue weighted by molar-refractivity contribution is 6.16. The Balaban J connectivity index is 2.06. The topological polar surface area (TPSA) is 15.8 Å². The first kappa shape index (κ1) is 30.4. The molecule has 0 radical (unpaired) electrons. The van der Waals surface area contributed by atoms with Crippen LogP contribution in [-0.4, -0.2) is 4.98 Å². The summed E-state index contributed by atoms with van der Waals surface area (Å²) >= 11 is 0. The van der Waals surface area contributed by atoms with Crippen LogP contribution in [0.4, 0.5) is 43.9 Å². The molecule has 0 bridgehead atoms. The first-order chi connectivity index (χ1) is 19.8. The first-order valence-electron chi connectivity index (χ1n) is 12.9. The molecule has 0 saturated carbocycles. The standard InChI is InChI=1S/C32H23F10N/c1-31(2,3)11-7-13-14-8-12(32(4,5)6)10-16(18-21(35)25(39)28(42)26(40)22(18)36)30(14)43-29(13)15(9-11)17-19(33)23(37)27(41)24(38)20(17)34/h7-10,43H,1-6H3. The number of hydrogen-bond acceptors (Lipinski definition) is 0. The fourth-order valence-electron chi connectivity index (χ4n) is 5.05. The summed E-state index contributed by atoms with van der Waals surface area (Å²) in [5, 5.41) is 0.301. The van der Waals surface area contributed by atoms with Crippen LogP contribution in [0.2, 0.25) is 0 Å². The summed E-state index contributed by atoms with van der Waals surface area (Å²) in [4.78, 5) is 2.74. The fourth-order valence-corrected chi connectivity index (χ4v) is 5.05. The lowest BCUT2D eigenvalue weighted by atomic mass is 9.82. The van der Waals surface area contributed by atoms with Crippen molar-refractivity contribution >= 4 is 21.8 Å². The van der Waals surface area contributed by atoms with Crippen LogP contribution < -0.4 is 0 Å². The van der Waals surface area contributed by atoms with Gasteiger partial charge in [-0.25, -0.2) is 43.9 Å². The normalized spacial score (nSPS) is 12.7. The van der Waals surface area contributed by atoms with E-state index in [2.05, 4.69) is 4.98 Å². The number of aromatic amines is 1. The Hall–Kier alpha value is -4.02. The van der Waals surface area contributed by atoms with E-state index in [9.17, 15) is 26.3 Å². The summed E-state index contributed by atoms with van der Waals surface area (Å²) in [6.45, 7) is 10.4. The van der Waals surface area contributed by atoms with Crippen LogP contribution in [0.15, 0.2) is 24.3 Å². The Morgan fingerprint density at radius 1 is 0.395 bits per heavy atom. The van der Waals surface area contributed by atoms with Gasteiger partial charge in [0.05, 0.1) is 22.2 Å². The zero-order valence-electron chi connectivity index (χ0n) is 23.6. The Morgan fingerprint density at radius 2 is 0.651 bits per heavy atom. The number of benzene rings is 4. The molecule has 1 nitrogen and oxygen atoms in total. The van der Waals surface area contributed by atoms with E-state index in [1.54, 1.807) is 53.7 Å². The lowest BCUT2D eigenvalue weighted by Gasteiger charge is -2.22. The second-order valence-corrected chi connectivity index (χ2v) is 12.4. The average molecular weight is 612 g/mol. The van der Waals surface area contributed by atoms with Crippen molar-refractivity contribution in [3.8, 4) is 22.3 Å². The summed E-state index contributed by atoms with van der Waals surface area (Å²) < 4.78 is 146. The van der Waals surface area contributed by atoms with Gasteiger partial charge in [0, 0.05) is 21.9 Å². The van der Waals surface area contributed by atoms with Crippen LogP contribution in [0.25, 0.3) is 44.1 Å². The van der Waals surface area contributed by atoms with E-state index >= 15 is 17.6 Å². The smallest absolute Gasteiger partial charge is 0.200 e. The highest BCUT2D eigenvalue weighted by Gasteiger charge is 2.32. The lowest BCUT2D eigenvalue weighted by Crippen LogP contribution is -2.12. The summed E-state index contributed by atoms with van der Waals surface area (Å²) in [5.74, 6) is -21.9. The Bertz CT molecular complexity index is 1790. The van der Waals surface area contributed by atoms with Crippen LogP contribution in [0, 0.1) is 58.2 Å². The van der Waals surface area contributed by atoms with E-state index in [0.29, 0.717) is 11.1 Å². The minimum absolute atomic E-state index is 0.151. The molecule has 0 fully saturated rings. The SMILES string of the molecule is CC(C)(C)c1cc(-c2c(F)c(F)c(F)c(F)c2F)c2[nH]c3c(-c4c(F)c(F)c(F)c(F)c4F)cc(C(C)(C)C)cc3c2c1. The number of aromatic nitrogens is 1. The lowest BCUT2D eigenvalue weighted by molar-refractivity contribution is 0.381. The first-order valence-corrected chi connectivity index (χ1v) is 12.9. The monoisotopic (exact) mass is 611 g/mol. The Labute approximate surface area is 239 Å². The van der Waals surface area contributed by atoms with Crippen LogP contribution >= 0.6 is 0 Å². The van der Waals surface area contributed by atoms with Gasteiger partial charge in [-0.1, -0.05) is 41.5 Å². The van der Waals surface area contributed by atoms with Crippen molar-refractivity contribution < 1.29 is 43.9 Å². The van der Waals surface area contributed by atoms with Crippen molar-refractivity contribution in [2.75, 3.05) is 0 Å². The van der Waals surface area contributed by atoms with E-state index < -0.39 is 91.3 Å². The predicted octanol–water partition coefficient (Wildman–Crippen LogP) is 10.6. The number of fused-ring (bicyclic) bond motifs is 3. The summed E-state index contributed by atoms with van der Waals surface area (Å²) in [5.41, 5.74) is -4.55. The molecule has 226 valence electrons. The zero-order chi connectivity index (χ0) is 32.1. The van der Waals surface area contributed by atoms with E-state index in [-0.39, 0.29) is 21.8 Å². The van der Waals surface area contributed by atoms with Gasteiger partial charge in [0.2, 0.25) is 11.6 Å². The number of halogens is 10. The van der Waals surface area contributed by atoms with Crippen LogP contribution in [0.3, 0.4) is 0 Å². The molecule has 0 spiro atoms. The minimum Gasteiger partial charge on any atom is -0.353 e. The van der Waals surface area contributed by atoms with Gasteiger partial charge in [-0.3, -0.25) is 0 Å². The van der Waals surface area contributed by atoms with Crippen molar-refractivity contribution in [3.05, 3.63) is 93.6 Å². The average Bonchev–Trinajstić information content (AvgIpc) is 3.31. The van der Waals surface area contributed by atoms with Gasteiger partial charge in [-0.2, -0.15) is 0 Å². The van der Waals surface area contributed by atoms with Gasteiger partial charge in [-0.15, -0.1) is 0 Å². The van der Waals surface area contributed by atoms with E-state index in [1.807, 2.05) is 0 Å². The second-order valence-electron chi connectivity index (χ2n) is 12.4. The molecular formula is C32H23F10N. The third-order valence-corrected chi connectivity index (χ3v) is 7.51. The van der Waals surface area contributed by atoms with Gasteiger partial charge in [0.25, 0.3) is 0 Å². The van der Waals surface area contributed by atoms with Crippen LogP contribution in [-0.2, 0) is 10.8 Å². The van der Waals surface area contributed by atoms with Crippen molar-refractivity contribution in [1.82, 2.24) is 4.98 Å². The van der Waals surface area contributed by atoms with Crippen LogP contribution in [0.1, 0.15) is 52.7 Å². The minimum atomic E-state index is -2.36. The zero-order valence-corrected chi connectivity index (χ0v) is 23.6. The molecule has 5 aromatic rings. The van der Waals surface area contributed by atoms with E-state index in [1.165, 1.54) is 12.1 Å². The molecule has 0 amide bonds. The summed E-state index contributed by atoms with van der Waals surface area (Å²) in [7, 11) is 0. The van der Waals surface area contributed by atoms with Gasteiger partial charge in [-0.05, 0) is 46.2 Å². The number of nitrogens with one attached hydrogen (secondary N) is 1. The molecular weight excluding hydrogens is 588 g/mol. The highest BCUT2D eigenvalue weighted by atomic mass is 19.2. The molecule has 1 heterocycles. The molecule has 0 aliphatic rings. The van der Waals surface area contributed by atoms with Gasteiger partial charge in [0.1, 0.15) is 0 Å². The van der Waals surface area contributed by atoms with Gasteiger partial charge in [0.15, 0.2) is 46.5 Å². The molecule has 4 aromatic carbocycles. The Kier molecular flexibility index (Phi) is 6.90. The molecule has 43 heavy (non-hydrogen) atoms. The van der Waals surface area contributed by atoms with E-state index in [4.69, 9.17) is 0 Å². The fraction of sp³-hybridized carbons (Fsp3) is 0.250. The third kappa shape index (κ3) is 4.55. The molecule has 1 aromatic heterocycles. The van der Waals surface area contributed by atoms with Crippen molar-refractivity contribution in [2.45, 2.75) is 52.4 Å². The third-order valence-electron chi connectivity index (χ3n) is 7.51. The highest BCUT2D eigenvalue weighted by Crippen LogP contribution is 2.45. The largest absolute Gasteiger partial charge is 0.353 e. The predicted molar refractivity (Wildman–Crippen MR) is 144 cm³/mol. The molecule has 0 saturated heterocycles. The van der Waals surface area contributed by atoms with Gasteiger partial charge >= 0.3 is 0 Å². The van der Waals surface area contributed by atoms with Crippen molar-refractivity contribution in [3.63, 3.8) is 0 Å². The quantitative estimate of drug-likeness (QED) is 0.116. The summed E-state index contributed by atoms with van der Waals surface area (Å²) in [6, 6.07) is 5.58. The van der Waals surface area contributed by atoms with E-state index in [0.717, 1.165) is 0 Å². The van der Waals surface area contributed by atoms with Gasteiger partial charge < -0.3 is 4.98 Å². The molecule has 11 heteroatoms. The number of rotatable bonds is 2. The molecule has 0 aliphatic heterocycles. The molecule has 5 rings (SSSR count). The van der Waals surface area contributed by atoms with Crippen molar-refractivity contribution in [1.29, 1.82) is 0 Å². The maximum absolute atomic E-state index is 15.1. The molecule has 0 unspecified atom stereocenters.